The van der Waals surface area contributed by atoms with Crippen molar-refractivity contribution in [3.63, 3.8) is 0 Å². The number of fused-ring (bicyclic) bond motifs is 1. The van der Waals surface area contributed by atoms with Gasteiger partial charge in [0.2, 0.25) is 11.8 Å². The van der Waals surface area contributed by atoms with Crippen molar-refractivity contribution in [2.75, 3.05) is 11.4 Å². The summed E-state index contributed by atoms with van der Waals surface area (Å²) in [7, 11) is 0. The van der Waals surface area contributed by atoms with Gasteiger partial charge in [-0.1, -0.05) is 37.5 Å². The lowest BCUT2D eigenvalue weighted by Crippen LogP contribution is -2.43. The maximum absolute atomic E-state index is 13.1. The minimum Gasteiger partial charge on any atom is -0.353 e. The van der Waals surface area contributed by atoms with Gasteiger partial charge in [0.25, 0.3) is 0 Å². The molecule has 4 rings (SSSR count). The van der Waals surface area contributed by atoms with E-state index >= 15 is 0 Å². The number of rotatable bonds is 3. The first kappa shape index (κ1) is 18.5. The average molecular weight is 369 g/mol. The van der Waals surface area contributed by atoms with Crippen molar-refractivity contribution in [1.82, 2.24) is 5.32 Å². The molecular formula is C23H32N2O2. The standard InChI is InChI=1S/C23H32N2O2/c26-22(24-20-9-2-1-3-10-20)18-12-14-19(15-13-18)23(27)25-16-6-8-17-7-4-5-11-21(17)25/h4-5,7,11,18-20H,1-3,6,8-10,12-16H2,(H,24,26). The Morgan fingerprint density at radius 1 is 0.852 bits per heavy atom. The molecule has 0 aromatic heterocycles. The summed E-state index contributed by atoms with van der Waals surface area (Å²) in [6.45, 7) is 0.831. The lowest BCUT2D eigenvalue weighted by molar-refractivity contribution is -0.130. The van der Waals surface area contributed by atoms with Gasteiger partial charge in [-0.2, -0.15) is 0 Å². The van der Waals surface area contributed by atoms with Crippen LogP contribution in [0.15, 0.2) is 24.3 Å². The molecule has 0 unspecified atom stereocenters. The second-order valence-corrected chi connectivity index (χ2v) is 8.61. The number of carbonyl (C=O) groups is 2. The van der Waals surface area contributed by atoms with Gasteiger partial charge in [-0.25, -0.2) is 0 Å². The Kier molecular flexibility index (Phi) is 5.80. The van der Waals surface area contributed by atoms with Crippen LogP contribution in [0.1, 0.15) is 69.8 Å². The fourth-order valence-electron chi connectivity index (χ4n) is 5.15. The highest BCUT2D eigenvalue weighted by molar-refractivity contribution is 5.96. The Bertz CT molecular complexity index is 673. The second-order valence-electron chi connectivity index (χ2n) is 8.61. The first-order valence-electron chi connectivity index (χ1n) is 10.9. The molecule has 4 heteroatoms. The van der Waals surface area contributed by atoms with E-state index in [1.54, 1.807) is 0 Å². The summed E-state index contributed by atoms with van der Waals surface area (Å²) < 4.78 is 0. The van der Waals surface area contributed by atoms with Crippen molar-refractivity contribution in [2.45, 2.75) is 76.7 Å². The maximum atomic E-state index is 13.1. The molecule has 0 saturated heterocycles. The largest absolute Gasteiger partial charge is 0.353 e. The van der Waals surface area contributed by atoms with Gasteiger partial charge < -0.3 is 10.2 Å². The van der Waals surface area contributed by atoms with Crippen LogP contribution in [0, 0.1) is 11.8 Å². The van der Waals surface area contributed by atoms with Crippen molar-refractivity contribution in [3.05, 3.63) is 29.8 Å². The molecule has 0 spiro atoms. The molecule has 1 N–H and O–H groups in total. The van der Waals surface area contributed by atoms with Crippen LogP contribution in [-0.2, 0) is 16.0 Å². The van der Waals surface area contributed by atoms with Crippen LogP contribution in [0.4, 0.5) is 5.69 Å². The number of carbonyl (C=O) groups excluding carboxylic acids is 2. The van der Waals surface area contributed by atoms with E-state index < -0.39 is 0 Å². The molecule has 1 aliphatic heterocycles. The first-order valence-corrected chi connectivity index (χ1v) is 10.9. The van der Waals surface area contributed by atoms with Crippen molar-refractivity contribution >= 4 is 17.5 Å². The highest BCUT2D eigenvalue weighted by Crippen LogP contribution is 2.34. The Hall–Kier alpha value is -1.84. The van der Waals surface area contributed by atoms with E-state index in [4.69, 9.17) is 0 Å². The third kappa shape index (κ3) is 4.20. The van der Waals surface area contributed by atoms with Crippen LogP contribution >= 0.6 is 0 Å². The van der Waals surface area contributed by atoms with Crippen LogP contribution < -0.4 is 10.2 Å². The summed E-state index contributed by atoms with van der Waals surface area (Å²) >= 11 is 0. The van der Waals surface area contributed by atoms with E-state index in [0.29, 0.717) is 6.04 Å². The molecule has 1 heterocycles. The average Bonchev–Trinajstić information content (AvgIpc) is 2.73. The summed E-state index contributed by atoms with van der Waals surface area (Å²) in [6, 6.07) is 8.69. The number of para-hydroxylation sites is 1. The minimum absolute atomic E-state index is 0.0786. The number of anilines is 1. The molecule has 0 bridgehead atoms. The van der Waals surface area contributed by atoms with E-state index in [1.807, 2.05) is 11.0 Å². The van der Waals surface area contributed by atoms with Crippen LogP contribution in [0.2, 0.25) is 0 Å². The number of amides is 2. The molecule has 3 aliphatic rings. The highest BCUT2D eigenvalue weighted by atomic mass is 16.2. The summed E-state index contributed by atoms with van der Waals surface area (Å²) in [4.78, 5) is 27.7. The van der Waals surface area contributed by atoms with Gasteiger partial charge in [0, 0.05) is 30.1 Å². The van der Waals surface area contributed by atoms with E-state index in [-0.39, 0.29) is 23.7 Å². The lowest BCUT2D eigenvalue weighted by atomic mass is 9.80. The fourth-order valence-corrected chi connectivity index (χ4v) is 5.15. The molecule has 27 heavy (non-hydrogen) atoms. The van der Waals surface area contributed by atoms with Gasteiger partial charge in [0.05, 0.1) is 0 Å². The summed E-state index contributed by atoms with van der Waals surface area (Å²) in [5.74, 6) is 0.684. The van der Waals surface area contributed by atoms with E-state index in [0.717, 1.165) is 63.6 Å². The van der Waals surface area contributed by atoms with E-state index in [2.05, 4.69) is 23.5 Å². The van der Waals surface area contributed by atoms with Crippen molar-refractivity contribution in [3.8, 4) is 0 Å². The molecule has 2 saturated carbocycles. The topological polar surface area (TPSA) is 49.4 Å². The molecule has 2 aliphatic carbocycles. The number of hydrogen-bond acceptors (Lipinski definition) is 2. The highest BCUT2D eigenvalue weighted by Gasteiger charge is 2.34. The molecule has 2 amide bonds. The van der Waals surface area contributed by atoms with Crippen molar-refractivity contribution < 1.29 is 9.59 Å². The predicted octanol–water partition coefficient (Wildman–Crippen LogP) is 4.22. The zero-order valence-corrected chi connectivity index (χ0v) is 16.3. The van der Waals surface area contributed by atoms with Crippen LogP contribution in [0.25, 0.3) is 0 Å². The van der Waals surface area contributed by atoms with Gasteiger partial charge in [0.1, 0.15) is 0 Å². The smallest absolute Gasteiger partial charge is 0.230 e. The number of aryl methyl sites for hydroxylation is 1. The second kappa shape index (κ2) is 8.45. The van der Waals surface area contributed by atoms with Crippen LogP contribution in [-0.4, -0.2) is 24.4 Å². The Labute approximate surface area is 162 Å². The van der Waals surface area contributed by atoms with E-state index in [1.165, 1.54) is 24.8 Å². The molecule has 1 aromatic rings. The molecule has 2 fully saturated rings. The molecule has 0 atom stereocenters. The lowest BCUT2D eigenvalue weighted by Gasteiger charge is -2.35. The van der Waals surface area contributed by atoms with Gasteiger partial charge in [0.15, 0.2) is 0 Å². The van der Waals surface area contributed by atoms with Gasteiger partial charge in [-0.3, -0.25) is 9.59 Å². The number of benzene rings is 1. The maximum Gasteiger partial charge on any atom is 0.230 e. The molecular weight excluding hydrogens is 336 g/mol. The van der Waals surface area contributed by atoms with Gasteiger partial charge >= 0.3 is 0 Å². The quantitative estimate of drug-likeness (QED) is 0.868. The summed E-state index contributed by atoms with van der Waals surface area (Å²) in [5.41, 5.74) is 2.39. The van der Waals surface area contributed by atoms with Gasteiger partial charge in [-0.15, -0.1) is 0 Å². The fraction of sp³-hybridized carbons (Fsp3) is 0.652. The molecule has 4 nitrogen and oxygen atoms in total. The third-order valence-electron chi connectivity index (χ3n) is 6.78. The minimum atomic E-state index is 0.0786. The van der Waals surface area contributed by atoms with E-state index in [9.17, 15) is 9.59 Å². The van der Waals surface area contributed by atoms with Crippen molar-refractivity contribution in [2.24, 2.45) is 11.8 Å². The predicted molar refractivity (Wildman–Crippen MR) is 108 cm³/mol. The number of nitrogens with one attached hydrogen (secondary N) is 1. The number of nitrogens with zero attached hydrogens (tertiary/aromatic N) is 1. The zero-order chi connectivity index (χ0) is 18.6. The molecule has 1 aromatic carbocycles. The molecule has 0 radical (unpaired) electrons. The van der Waals surface area contributed by atoms with Gasteiger partial charge in [-0.05, 0) is 63.0 Å². The Balaban J connectivity index is 1.31. The third-order valence-corrected chi connectivity index (χ3v) is 6.78. The summed E-state index contributed by atoms with van der Waals surface area (Å²) in [6.07, 6.45) is 11.6. The monoisotopic (exact) mass is 368 g/mol. The Morgan fingerprint density at radius 2 is 1.56 bits per heavy atom. The van der Waals surface area contributed by atoms with Crippen molar-refractivity contribution in [1.29, 1.82) is 0 Å². The van der Waals surface area contributed by atoms with Crippen LogP contribution in [0.5, 0.6) is 0 Å². The summed E-state index contributed by atoms with van der Waals surface area (Å²) in [5, 5.41) is 3.27. The normalized spacial score (nSPS) is 26.3. The Morgan fingerprint density at radius 3 is 2.33 bits per heavy atom. The SMILES string of the molecule is O=C(NC1CCCCC1)C1CCC(C(=O)N2CCCc3ccccc32)CC1. The van der Waals surface area contributed by atoms with Crippen LogP contribution in [0.3, 0.4) is 0 Å². The molecule has 146 valence electrons. The number of hydrogen-bond donors (Lipinski definition) is 1. The first-order chi connectivity index (χ1) is 13.2. The zero-order valence-electron chi connectivity index (χ0n) is 16.3.